The van der Waals surface area contributed by atoms with Crippen LogP contribution in [0.5, 0.6) is 0 Å². The molecule has 1 aliphatic carbocycles. The molecule has 29 heavy (non-hydrogen) atoms. The summed E-state index contributed by atoms with van der Waals surface area (Å²) in [5.74, 6) is -0.685. The highest BCUT2D eigenvalue weighted by atomic mass is 19.4. The minimum Gasteiger partial charge on any atom is -0.349 e. The van der Waals surface area contributed by atoms with Crippen LogP contribution in [-0.2, 0) is 15.8 Å². The van der Waals surface area contributed by atoms with Crippen LogP contribution in [0.3, 0.4) is 0 Å². The van der Waals surface area contributed by atoms with Crippen molar-refractivity contribution in [1.29, 1.82) is 0 Å². The van der Waals surface area contributed by atoms with Crippen molar-refractivity contribution >= 4 is 11.8 Å². The molecule has 1 aliphatic rings. The number of halogens is 3. The van der Waals surface area contributed by atoms with Gasteiger partial charge in [-0.25, -0.2) is 0 Å². The summed E-state index contributed by atoms with van der Waals surface area (Å²) in [4.78, 5) is 26.4. The fourth-order valence-electron chi connectivity index (χ4n) is 3.35. The van der Waals surface area contributed by atoms with E-state index in [9.17, 15) is 22.8 Å². The lowest BCUT2D eigenvalue weighted by atomic mass is 10.0. The van der Waals surface area contributed by atoms with E-state index in [4.69, 9.17) is 0 Å². The molecule has 2 amide bonds. The number of carbonyl (C=O) groups excluding carboxylic acids is 2. The van der Waals surface area contributed by atoms with Crippen LogP contribution in [0.2, 0.25) is 0 Å². The quantitative estimate of drug-likeness (QED) is 0.787. The van der Waals surface area contributed by atoms with Crippen LogP contribution in [0, 0.1) is 5.92 Å². The van der Waals surface area contributed by atoms with Gasteiger partial charge in [-0.05, 0) is 35.6 Å². The van der Waals surface area contributed by atoms with Crippen molar-refractivity contribution in [1.82, 2.24) is 10.2 Å². The highest BCUT2D eigenvalue weighted by Crippen LogP contribution is 2.48. The summed E-state index contributed by atoms with van der Waals surface area (Å²) in [6.07, 6.45) is -3.65. The van der Waals surface area contributed by atoms with Gasteiger partial charge in [0.2, 0.25) is 11.8 Å². The molecule has 3 rings (SSSR count). The summed E-state index contributed by atoms with van der Waals surface area (Å²) in [5.41, 5.74) is 0.857. The number of alkyl halides is 3. The molecule has 1 saturated carbocycles. The Labute approximate surface area is 167 Å². The van der Waals surface area contributed by atoms with Gasteiger partial charge in [-0.1, -0.05) is 42.5 Å². The van der Waals surface area contributed by atoms with Crippen molar-refractivity contribution in [2.24, 2.45) is 5.92 Å². The fourth-order valence-corrected chi connectivity index (χ4v) is 3.35. The summed E-state index contributed by atoms with van der Waals surface area (Å²) >= 11 is 0. The van der Waals surface area contributed by atoms with Crippen molar-refractivity contribution < 1.29 is 22.8 Å². The first kappa shape index (κ1) is 20.9. The summed E-state index contributed by atoms with van der Waals surface area (Å²) < 4.78 is 38.1. The van der Waals surface area contributed by atoms with Gasteiger partial charge in [-0.2, -0.15) is 13.2 Å². The van der Waals surface area contributed by atoms with Crippen LogP contribution in [0.4, 0.5) is 13.2 Å². The molecule has 1 N–H and O–H groups in total. The van der Waals surface area contributed by atoms with Crippen LogP contribution in [0.25, 0.3) is 0 Å². The normalized spacial score (nSPS) is 19.3. The average molecular weight is 404 g/mol. The maximum absolute atomic E-state index is 12.7. The van der Waals surface area contributed by atoms with Crippen LogP contribution in [0.1, 0.15) is 41.5 Å². The molecular weight excluding hydrogens is 381 g/mol. The lowest BCUT2D eigenvalue weighted by Crippen LogP contribution is -2.34. The number of amides is 2. The molecule has 3 unspecified atom stereocenters. The van der Waals surface area contributed by atoms with Crippen LogP contribution >= 0.6 is 0 Å². The molecule has 0 aromatic heterocycles. The molecule has 7 heteroatoms. The second-order valence-electron chi connectivity index (χ2n) is 7.53. The third-order valence-corrected chi connectivity index (χ3v) is 5.19. The second kappa shape index (κ2) is 8.27. The fraction of sp³-hybridized carbons (Fsp3) is 0.364. The molecule has 1 fully saturated rings. The van der Waals surface area contributed by atoms with Gasteiger partial charge in [0.1, 0.15) is 0 Å². The zero-order chi connectivity index (χ0) is 21.2. The highest BCUT2D eigenvalue weighted by molar-refractivity contribution is 5.84. The van der Waals surface area contributed by atoms with Crippen LogP contribution in [0.15, 0.2) is 54.6 Å². The van der Waals surface area contributed by atoms with E-state index in [-0.39, 0.29) is 30.1 Å². The van der Waals surface area contributed by atoms with Gasteiger partial charge in [-0.3, -0.25) is 9.59 Å². The summed E-state index contributed by atoms with van der Waals surface area (Å²) in [6, 6.07) is 13.8. The molecule has 0 heterocycles. The molecule has 0 spiro atoms. The largest absolute Gasteiger partial charge is 0.416 e. The van der Waals surface area contributed by atoms with Crippen molar-refractivity contribution in [3.05, 3.63) is 71.3 Å². The molecule has 154 valence electrons. The van der Waals surface area contributed by atoms with Gasteiger partial charge in [0, 0.05) is 20.0 Å². The molecule has 0 radical (unpaired) electrons. The third kappa shape index (κ3) is 5.16. The molecule has 0 saturated heterocycles. The van der Waals surface area contributed by atoms with Gasteiger partial charge in [0.05, 0.1) is 18.0 Å². The smallest absolute Gasteiger partial charge is 0.349 e. The number of nitrogens with one attached hydrogen (secondary N) is 1. The average Bonchev–Trinajstić information content (AvgIpc) is 3.48. The zero-order valence-electron chi connectivity index (χ0n) is 16.2. The monoisotopic (exact) mass is 404 g/mol. The number of rotatable bonds is 6. The molecule has 2 aromatic carbocycles. The molecular formula is C22H23F3N2O2. The van der Waals surface area contributed by atoms with Crippen molar-refractivity contribution in [2.75, 3.05) is 14.1 Å². The lowest BCUT2D eigenvalue weighted by Gasteiger charge is -2.21. The summed E-state index contributed by atoms with van der Waals surface area (Å²) in [6.45, 7) is 0. The molecule has 4 nitrogen and oxygen atoms in total. The van der Waals surface area contributed by atoms with Gasteiger partial charge < -0.3 is 10.2 Å². The topological polar surface area (TPSA) is 49.4 Å². The molecule has 3 atom stereocenters. The highest BCUT2D eigenvalue weighted by Gasteiger charge is 2.44. The van der Waals surface area contributed by atoms with E-state index in [0.29, 0.717) is 6.42 Å². The number of nitrogens with zero attached hydrogens (tertiary/aromatic N) is 1. The van der Waals surface area contributed by atoms with E-state index in [2.05, 4.69) is 5.32 Å². The summed E-state index contributed by atoms with van der Waals surface area (Å²) in [7, 11) is 3.32. The van der Waals surface area contributed by atoms with Crippen molar-refractivity contribution in [3.8, 4) is 0 Å². The van der Waals surface area contributed by atoms with Gasteiger partial charge in [0.15, 0.2) is 0 Å². The third-order valence-electron chi connectivity index (χ3n) is 5.19. The first-order chi connectivity index (χ1) is 13.7. The predicted octanol–water partition coefficient (Wildman–Crippen LogP) is 4.14. The van der Waals surface area contributed by atoms with E-state index in [1.54, 1.807) is 14.1 Å². The number of hydrogen-bond acceptors (Lipinski definition) is 2. The SMILES string of the molecule is CN(C)C(=O)CC(NC(=O)C1CC1c1ccc(C(F)(F)F)cc1)c1ccccc1. The number of benzene rings is 2. The Morgan fingerprint density at radius 1 is 1.07 bits per heavy atom. The Bertz CT molecular complexity index is 864. The lowest BCUT2D eigenvalue weighted by molar-refractivity contribution is -0.137. The van der Waals surface area contributed by atoms with E-state index < -0.39 is 17.8 Å². The first-order valence-corrected chi connectivity index (χ1v) is 9.39. The van der Waals surface area contributed by atoms with Crippen molar-refractivity contribution in [2.45, 2.75) is 31.0 Å². The molecule has 0 bridgehead atoms. The summed E-state index contributed by atoms with van der Waals surface area (Å²) in [5, 5.41) is 2.95. The van der Waals surface area contributed by atoms with E-state index >= 15 is 0 Å². The maximum Gasteiger partial charge on any atom is 0.416 e. The Balaban J connectivity index is 1.67. The van der Waals surface area contributed by atoms with E-state index in [1.807, 2.05) is 30.3 Å². The first-order valence-electron chi connectivity index (χ1n) is 9.39. The Hall–Kier alpha value is -2.83. The Morgan fingerprint density at radius 2 is 1.69 bits per heavy atom. The predicted molar refractivity (Wildman–Crippen MR) is 103 cm³/mol. The van der Waals surface area contributed by atoms with E-state index in [1.165, 1.54) is 17.0 Å². The van der Waals surface area contributed by atoms with Gasteiger partial charge in [-0.15, -0.1) is 0 Å². The number of hydrogen-bond donors (Lipinski definition) is 1. The van der Waals surface area contributed by atoms with E-state index in [0.717, 1.165) is 23.3 Å². The zero-order valence-corrected chi connectivity index (χ0v) is 16.2. The van der Waals surface area contributed by atoms with Crippen molar-refractivity contribution in [3.63, 3.8) is 0 Å². The van der Waals surface area contributed by atoms with Crippen LogP contribution in [-0.4, -0.2) is 30.8 Å². The minimum atomic E-state index is -4.37. The minimum absolute atomic E-state index is 0.0988. The van der Waals surface area contributed by atoms with Crippen LogP contribution < -0.4 is 5.32 Å². The Kier molecular flexibility index (Phi) is 5.96. The second-order valence-corrected chi connectivity index (χ2v) is 7.53. The number of carbonyl (C=O) groups is 2. The molecule has 0 aliphatic heterocycles. The maximum atomic E-state index is 12.7. The van der Waals surface area contributed by atoms with Gasteiger partial charge in [0.25, 0.3) is 0 Å². The standard InChI is InChI=1S/C22H23F3N2O2/c1-27(2)20(28)13-19(15-6-4-3-5-7-15)26-21(29)18-12-17(18)14-8-10-16(11-9-14)22(23,24)25/h3-11,17-19H,12-13H2,1-2H3,(H,26,29). The van der Waals surface area contributed by atoms with Gasteiger partial charge >= 0.3 is 6.18 Å². The Morgan fingerprint density at radius 3 is 2.24 bits per heavy atom. The molecule has 2 aromatic rings.